The number of carbonyl (C=O) groups excluding carboxylic acids is 1. The van der Waals surface area contributed by atoms with Gasteiger partial charge in [0.15, 0.2) is 0 Å². The number of methoxy groups -OCH3 is 1. The van der Waals surface area contributed by atoms with Crippen LogP contribution >= 0.6 is 0 Å². The third-order valence-electron chi connectivity index (χ3n) is 3.50. The predicted octanol–water partition coefficient (Wildman–Crippen LogP) is 2.02. The summed E-state index contributed by atoms with van der Waals surface area (Å²) in [6.45, 7) is 4.46. The number of urea groups is 1. The Bertz CT molecular complexity index is 450. The van der Waals surface area contributed by atoms with Gasteiger partial charge in [0.2, 0.25) is 0 Å². The molecule has 1 atom stereocenters. The molecule has 0 radical (unpaired) electrons. The third kappa shape index (κ3) is 3.63. The molecule has 0 spiro atoms. The summed E-state index contributed by atoms with van der Waals surface area (Å²) in [4.78, 5) is 14.0. The van der Waals surface area contributed by atoms with E-state index in [2.05, 4.69) is 12.2 Å². The molecule has 0 bridgehead atoms. The molecule has 0 aliphatic carbocycles. The Labute approximate surface area is 119 Å². The lowest BCUT2D eigenvalue weighted by atomic mass is 10.2. The largest absolute Gasteiger partial charge is 0.496 e. The molecule has 1 aromatic rings. The lowest BCUT2D eigenvalue weighted by Gasteiger charge is -2.32. The van der Waals surface area contributed by atoms with Crippen molar-refractivity contribution in [2.75, 3.05) is 26.8 Å². The van der Waals surface area contributed by atoms with E-state index in [1.165, 1.54) is 0 Å². The van der Waals surface area contributed by atoms with Crippen molar-refractivity contribution in [3.8, 4) is 5.75 Å². The second kappa shape index (κ2) is 7.14. The summed E-state index contributed by atoms with van der Waals surface area (Å²) >= 11 is 0. The second-order valence-corrected chi connectivity index (χ2v) is 4.82. The molecule has 0 saturated carbocycles. The van der Waals surface area contributed by atoms with E-state index in [0.29, 0.717) is 26.2 Å². The van der Waals surface area contributed by atoms with Crippen molar-refractivity contribution in [1.82, 2.24) is 10.2 Å². The molecule has 5 nitrogen and oxygen atoms in total. The Hall–Kier alpha value is -1.75. The number of nitrogens with zero attached hydrogens (tertiary/aromatic N) is 1. The van der Waals surface area contributed by atoms with Gasteiger partial charge in [-0.05, 0) is 12.5 Å². The molecule has 20 heavy (non-hydrogen) atoms. The highest BCUT2D eigenvalue weighted by atomic mass is 16.5. The maximum Gasteiger partial charge on any atom is 0.317 e. The zero-order chi connectivity index (χ0) is 14.4. The molecule has 1 aliphatic heterocycles. The number of hydrogen-bond donors (Lipinski definition) is 1. The van der Waals surface area contributed by atoms with Crippen LogP contribution in [0.5, 0.6) is 5.75 Å². The molecular weight excluding hydrogens is 256 g/mol. The molecular formula is C15H22N2O3. The molecule has 2 amide bonds. The van der Waals surface area contributed by atoms with Gasteiger partial charge in [0.25, 0.3) is 0 Å². The summed E-state index contributed by atoms with van der Waals surface area (Å²) in [5, 5.41) is 2.94. The van der Waals surface area contributed by atoms with Crippen LogP contribution in [0.1, 0.15) is 18.9 Å². The Balaban J connectivity index is 1.88. The van der Waals surface area contributed by atoms with Crippen molar-refractivity contribution >= 4 is 6.03 Å². The van der Waals surface area contributed by atoms with Gasteiger partial charge in [-0.3, -0.25) is 0 Å². The van der Waals surface area contributed by atoms with E-state index in [9.17, 15) is 4.79 Å². The van der Waals surface area contributed by atoms with Crippen LogP contribution in [0.4, 0.5) is 4.79 Å². The molecule has 0 aromatic heterocycles. The SMILES string of the molecule is CC[C@@H]1CN(C(=O)NCc2ccccc2OC)CCO1. The fraction of sp³-hybridized carbons (Fsp3) is 0.533. The minimum atomic E-state index is -0.0438. The van der Waals surface area contributed by atoms with Gasteiger partial charge in [0, 0.05) is 25.2 Å². The zero-order valence-corrected chi connectivity index (χ0v) is 12.1. The van der Waals surface area contributed by atoms with E-state index in [-0.39, 0.29) is 12.1 Å². The lowest BCUT2D eigenvalue weighted by molar-refractivity contribution is -0.0154. The van der Waals surface area contributed by atoms with Crippen molar-refractivity contribution < 1.29 is 14.3 Å². The van der Waals surface area contributed by atoms with Gasteiger partial charge in [-0.1, -0.05) is 25.1 Å². The predicted molar refractivity (Wildman–Crippen MR) is 76.8 cm³/mol. The van der Waals surface area contributed by atoms with Gasteiger partial charge in [-0.25, -0.2) is 4.79 Å². The number of morpholine rings is 1. The third-order valence-corrected chi connectivity index (χ3v) is 3.50. The van der Waals surface area contributed by atoms with Crippen LogP contribution < -0.4 is 10.1 Å². The average Bonchev–Trinajstić information content (AvgIpc) is 2.52. The van der Waals surface area contributed by atoms with Gasteiger partial charge in [0.1, 0.15) is 5.75 Å². The monoisotopic (exact) mass is 278 g/mol. The van der Waals surface area contributed by atoms with Gasteiger partial charge in [-0.2, -0.15) is 0 Å². The molecule has 2 rings (SSSR count). The highest BCUT2D eigenvalue weighted by Crippen LogP contribution is 2.17. The number of nitrogens with one attached hydrogen (secondary N) is 1. The Kier molecular flexibility index (Phi) is 5.24. The van der Waals surface area contributed by atoms with Crippen molar-refractivity contribution in [1.29, 1.82) is 0 Å². The Morgan fingerprint density at radius 2 is 2.30 bits per heavy atom. The highest BCUT2D eigenvalue weighted by Gasteiger charge is 2.22. The summed E-state index contributed by atoms with van der Waals surface area (Å²) in [5.74, 6) is 0.793. The summed E-state index contributed by atoms with van der Waals surface area (Å²) in [6, 6.07) is 7.65. The number of para-hydroxylation sites is 1. The van der Waals surface area contributed by atoms with E-state index in [1.54, 1.807) is 7.11 Å². The van der Waals surface area contributed by atoms with Crippen LogP contribution in [-0.2, 0) is 11.3 Å². The molecule has 1 fully saturated rings. The van der Waals surface area contributed by atoms with E-state index in [1.807, 2.05) is 29.2 Å². The van der Waals surface area contributed by atoms with Crippen molar-refractivity contribution in [3.05, 3.63) is 29.8 Å². The van der Waals surface area contributed by atoms with Gasteiger partial charge >= 0.3 is 6.03 Å². The smallest absolute Gasteiger partial charge is 0.317 e. The van der Waals surface area contributed by atoms with Crippen molar-refractivity contribution in [2.45, 2.75) is 26.0 Å². The normalized spacial score (nSPS) is 18.7. The topological polar surface area (TPSA) is 50.8 Å². The first-order chi connectivity index (χ1) is 9.74. The van der Waals surface area contributed by atoms with Crippen LogP contribution in [0.15, 0.2) is 24.3 Å². The second-order valence-electron chi connectivity index (χ2n) is 4.82. The molecule has 1 N–H and O–H groups in total. The van der Waals surface area contributed by atoms with Crippen molar-refractivity contribution in [3.63, 3.8) is 0 Å². The van der Waals surface area contributed by atoms with Gasteiger partial charge in [-0.15, -0.1) is 0 Å². The molecule has 1 saturated heterocycles. The Morgan fingerprint density at radius 3 is 3.05 bits per heavy atom. The minimum absolute atomic E-state index is 0.0438. The standard InChI is InChI=1S/C15H22N2O3/c1-3-13-11-17(8-9-20-13)15(18)16-10-12-6-4-5-7-14(12)19-2/h4-7,13H,3,8-11H2,1-2H3,(H,16,18)/t13-/m1/s1. The average molecular weight is 278 g/mol. The van der Waals surface area contributed by atoms with Crippen LogP contribution in [0.25, 0.3) is 0 Å². The van der Waals surface area contributed by atoms with Crippen molar-refractivity contribution in [2.24, 2.45) is 0 Å². The first-order valence-electron chi connectivity index (χ1n) is 7.00. The molecule has 5 heteroatoms. The molecule has 1 aliphatic rings. The van der Waals surface area contributed by atoms with Crippen LogP contribution in [0, 0.1) is 0 Å². The van der Waals surface area contributed by atoms with Crippen LogP contribution in [0.3, 0.4) is 0 Å². The molecule has 1 heterocycles. The quantitative estimate of drug-likeness (QED) is 0.916. The first-order valence-corrected chi connectivity index (χ1v) is 7.00. The first kappa shape index (κ1) is 14.7. The van der Waals surface area contributed by atoms with Crippen LogP contribution in [-0.4, -0.2) is 43.8 Å². The molecule has 1 aromatic carbocycles. The summed E-state index contributed by atoms with van der Waals surface area (Å²) < 4.78 is 10.8. The van der Waals surface area contributed by atoms with Crippen LogP contribution in [0.2, 0.25) is 0 Å². The number of benzene rings is 1. The molecule has 0 unspecified atom stereocenters. The maximum absolute atomic E-state index is 12.2. The number of ether oxygens (including phenoxy) is 2. The van der Waals surface area contributed by atoms with E-state index >= 15 is 0 Å². The highest BCUT2D eigenvalue weighted by molar-refractivity contribution is 5.74. The van der Waals surface area contributed by atoms with E-state index < -0.39 is 0 Å². The number of rotatable bonds is 4. The zero-order valence-electron chi connectivity index (χ0n) is 12.1. The fourth-order valence-electron chi connectivity index (χ4n) is 2.28. The minimum Gasteiger partial charge on any atom is -0.496 e. The summed E-state index contributed by atoms with van der Waals surface area (Å²) in [5.41, 5.74) is 0.976. The maximum atomic E-state index is 12.2. The number of hydrogen-bond acceptors (Lipinski definition) is 3. The molecule has 110 valence electrons. The number of carbonyl (C=O) groups is 1. The van der Waals surface area contributed by atoms with Gasteiger partial charge in [0.05, 0.1) is 19.8 Å². The lowest BCUT2D eigenvalue weighted by Crippen LogP contribution is -2.49. The van der Waals surface area contributed by atoms with E-state index in [4.69, 9.17) is 9.47 Å². The Morgan fingerprint density at radius 1 is 1.50 bits per heavy atom. The number of amides is 2. The summed E-state index contributed by atoms with van der Waals surface area (Å²) in [6.07, 6.45) is 1.08. The van der Waals surface area contributed by atoms with E-state index in [0.717, 1.165) is 17.7 Å². The fourth-order valence-corrected chi connectivity index (χ4v) is 2.28. The van der Waals surface area contributed by atoms with Gasteiger partial charge < -0.3 is 19.7 Å². The summed E-state index contributed by atoms with van der Waals surface area (Å²) in [7, 11) is 1.63.